The Morgan fingerprint density at radius 3 is 2.91 bits per heavy atom. The molecule has 2 aromatic carbocycles. The maximum absolute atomic E-state index is 11.5. The normalized spacial score (nSPS) is 25.4. The molecule has 3 atom stereocenters. The topological polar surface area (TPSA) is 47.6 Å². The van der Waals surface area contributed by atoms with Gasteiger partial charge in [0.15, 0.2) is 0 Å². The average molecular weight is 430 g/mol. The van der Waals surface area contributed by atoms with Gasteiger partial charge in [-0.05, 0) is 66.7 Å². The Balaban J connectivity index is 1.29. The van der Waals surface area contributed by atoms with Crippen molar-refractivity contribution in [3.63, 3.8) is 0 Å². The van der Waals surface area contributed by atoms with Crippen LogP contribution < -0.4 is 10.1 Å². The molecule has 0 bridgehead atoms. The van der Waals surface area contributed by atoms with Crippen molar-refractivity contribution in [3.05, 3.63) is 76.4 Å². The number of carbonyl (C=O) groups excluding carboxylic acids is 1. The monoisotopic (exact) mass is 429 g/mol. The fraction of sp³-hybridized carbons (Fsp3) is 0.393. The summed E-state index contributed by atoms with van der Waals surface area (Å²) in [4.78, 5) is 11.5. The van der Waals surface area contributed by atoms with Gasteiger partial charge in [-0.2, -0.15) is 0 Å². The van der Waals surface area contributed by atoms with E-state index < -0.39 is 0 Å². The van der Waals surface area contributed by atoms with Gasteiger partial charge in [-0.15, -0.1) is 0 Å². The summed E-state index contributed by atoms with van der Waals surface area (Å²) in [6.07, 6.45) is 11.8. The average Bonchev–Trinajstić information content (AvgIpc) is 3.41. The minimum absolute atomic E-state index is 0.145. The van der Waals surface area contributed by atoms with Crippen LogP contribution in [0.5, 0.6) is 5.75 Å². The van der Waals surface area contributed by atoms with Crippen molar-refractivity contribution in [1.82, 2.24) is 5.32 Å². The van der Waals surface area contributed by atoms with E-state index in [4.69, 9.17) is 9.47 Å². The van der Waals surface area contributed by atoms with Crippen molar-refractivity contribution in [2.75, 3.05) is 13.7 Å². The first-order valence-corrected chi connectivity index (χ1v) is 11.6. The van der Waals surface area contributed by atoms with E-state index >= 15 is 0 Å². The van der Waals surface area contributed by atoms with Crippen LogP contribution in [0.3, 0.4) is 0 Å². The number of fused-ring (bicyclic) bond motifs is 1. The molecule has 4 nitrogen and oxygen atoms in total. The molecule has 1 spiro atoms. The molecule has 0 aromatic heterocycles. The molecule has 166 valence electrons. The summed E-state index contributed by atoms with van der Waals surface area (Å²) >= 11 is 0. The fourth-order valence-corrected chi connectivity index (χ4v) is 5.47. The number of rotatable bonds is 5. The molecule has 2 aromatic rings. The Hall–Kier alpha value is -3.01. The Bertz CT molecular complexity index is 1090. The van der Waals surface area contributed by atoms with Crippen LogP contribution in [0.1, 0.15) is 60.8 Å². The quantitative estimate of drug-likeness (QED) is 0.623. The van der Waals surface area contributed by atoms with Crippen molar-refractivity contribution in [2.45, 2.75) is 50.5 Å². The van der Waals surface area contributed by atoms with Gasteiger partial charge in [-0.25, -0.2) is 4.79 Å². The molecule has 0 radical (unpaired) electrons. The van der Waals surface area contributed by atoms with Gasteiger partial charge < -0.3 is 14.8 Å². The lowest BCUT2D eigenvalue weighted by molar-refractivity contribution is 0.172. The number of carbonyl (C=O) groups is 1. The molecule has 1 amide bonds. The standard InChI is InChI=1S/C28H31NO3/c1-19(7-8-20-5-3-4-6-26(20)31-2)21-9-10-23-16-24(12-11-22(23)15-21)25-13-14-28(17-25)18-32-27(30)29-28/h3-8,11-12,15-16,19,25H,9-10,13-14,17-18H2,1-2H3,(H,29,30)/b8-7+/t19?,25-,28+/m0/s1. The summed E-state index contributed by atoms with van der Waals surface area (Å²) in [7, 11) is 1.72. The number of para-hydroxylation sites is 1. The van der Waals surface area contributed by atoms with E-state index in [1.54, 1.807) is 7.11 Å². The number of aryl methyl sites for hydroxylation is 1. The number of methoxy groups -OCH3 is 1. The van der Waals surface area contributed by atoms with Crippen LogP contribution in [0.4, 0.5) is 4.79 Å². The zero-order valence-electron chi connectivity index (χ0n) is 18.9. The third-order valence-electron chi connectivity index (χ3n) is 7.41. The minimum Gasteiger partial charge on any atom is -0.496 e. The van der Waals surface area contributed by atoms with Crippen LogP contribution in [-0.2, 0) is 11.2 Å². The number of nitrogens with one attached hydrogen (secondary N) is 1. The molecular weight excluding hydrogens is 398 g/mol. The molecule has 1 aliphatic heterocycles. The van der Waals surface area contributed by atoms with Crippen molar-refractivity contribution in [1.29, 1.82) is 0 Å². The number of benzene rings is 2. The van der Waals surface area contributed by atoms with Crippen molar-refractivity contribution in [2.24, 2.45) is 5.92 Å². The molecule has 1 heterocycles. The molecule has 2 fully saturated rings. The van der Waals surface area contributed by atoms with E-state index in [9.17, 15) is 4.79 Å². The molecule has 4 heteroatoms. The van der Waals surface area contributed by atoms with Gasteiger partial charge in [0, 0.05) is 5.56 Å². The first-order chi connectivity index (χ1) is 15.5. The molecule has 32 heavy (non-hydrogen) atoms. The summed E-state index contributed by atoms with van der Waals surface area (Å²) < 4.78 is 10.7. The van der Waals surface area contributed by atoms with Gasteiger partial charge in [-0.1, -0.05) is 67.1 Å². The predicted molar refractivity (Wildman–Crippen MR) is 128 cm³/mol. The smallest absolute Gasteiger partial charge is 0.407 e. The van der Waals surface area contributed by atoms with Crippen LogP contribution in [0.2, 0.25) is 0 Å². The number of cyclic esters (lactones) is 1. The van der Waals surface area contributed by atoms with Gasteiger partial charge in [0.05, 0.1) is 12.6 Å². The van der Waals surface area contributed by atoms with Crippen LogP contribution in [0.15, 0.2) is 54.1 Å². The Kier molecular flexibility index (Phi) is 5.54. The highest BCUT2D eigenvalue weighted by Crippen LogP contribution is 2.43. The van der Waals surface area contributed by atoms with Crippen LogP contribution in [0, 0.1) is 5.92 Å². The lowest BCUT2D eigenvalue weighted by atomic mass is 9.83. The Morgan fingerprint density at radius 1 is 1.22 bits per heavy atom. The van der Waals surface area contributed by atoms with E-state index in [0.29, 0.717) is 18.4 Å². The summed E-state index contributed by atoms with van der Waals surface area (Å²) in [5, 5.41) is 3.06. The minimum atomic E-state index is -0.261. The molecule has 1 saturated carbocycles. The van der Waals surface area contributed by atoms with Crippen LogP contribution in [-0.4, -0.2) is 25.3 Å². The first kappa shape index (κ1) is 20.9. The molecule has 1 saturated heterocycles. The largest absolute Gasteiger partial charge is 0.496 e. The third kappa shape index (κ3) is 4.06. The van der Waals surface area contributed by atoms with E-state index in [2.05, 4.69) is 54.7 Å². The van der Waals surface area contributed by atoms with Crippen LogP contribution >= 0.6 is 0 Å². The molecule has 3 aliphatic rings. The lowest BCUT2D eigenvalue weighted by Gasteiger charge is -2.23. The van der Waals surface area contributed by atoms with Crippen molar-refractivity contribution < 1.29 is 14.3 Å². The van der Waals surface area contributed by atoms with E-state index in [1.165, 1.54) is 22.3 Å². The van der Waals surface area contributed by atoms with Gasteiger partial charge in [0.25, 0.3) is 0 Å². The van der Waals surface area contributed by atoms with Gasteiger partial charge in [-0.3, -0.25) is 0 Å². The lowest BCUT2D eigenvalue weighted by Crippen LogP contribution is -2.40. The summed E-state index contributed by atoms with van der Waals surface area (Å²) in [6, 6.07) is 15.1. The SMILES string of the molecule is COc1ccccc1/C=C/C(C)C1=Cc2ccc([C@H]3CC[C@]4(COC(=O)N4)C3)cc2CC1. The first-order valence-electron chi connectivity index (χ1n) is 11.6. The van der Waals surface area contributed by atoms with Crippen molar-refractivity contribution in [3.8, 4) is 5.75 Å². The van der Waals surface area contributed by atoms with Crippen LogP contribution in [0.25, 0.3) is 12.2 Å². The maximum atomic E-state index is 11.5. The number of amides is 1. The highest BCUT2D eigenvalue weighted by Gasteiger charge is 2.46. The summed E-state index contributed by atoms with van der Waals surface area (Å²) in [6.45, 7) is 2.78. The Morgan fingerprint density at radius 2 is 2.09 bits per heavy atom. The highest BCUT2D eigenvalue weighted by atomic mass is 16.6. The molecule has 5 rings (SSSR count). The number of alkyl carbamates (subject to hydrolysis) is 1. The molecule has 2 aliphatic carbocycles. The zero-order valence-corrected chi connectivity index (χ0v) is 18.9. The summed E-state index contributed by atoms with van der Waals surface area (Å²) in [5.41, 5.74) is 6.64. The molecular formula is C28H31NO3. The number of hydrogen-bond donors (Lipinski definition) is 1. The highest BCUT2D eigenvalue weighted by molar-refractivity contribution is 5.71. The predicted octanol–water partition coefficient (Wildman–Crippen LogP) is 6.12. The van der Waals surface area contributed by atoms with E-state index in [0.717, 1.165) is 43.4 Å². The zero-order chi connectivity index (χ0) is 22.1. The Labute approximate surface area is 190 Å². The van der Waals surface area contributed by atoms with E-state index in [-0.39, 0.29) is 11.6 Å². The number of ether oxygens (including phenoxy) is 2. The van der Waals surface area contributed by atoms with E-state index in [1.807, 2.05) is 18.2 Å². The third-order valence-corrected chi connectivity index (χ3v) is 7.41. The second-order valence-electron chi connectivity index (χ2n) is 9.49. The fourth-order valence-electron chi connectivity index (χ4n) is 5.47. The molecule has 1 N–H and O–H groups in total. The second-order valence-corrected chi connectivity index (χ2v) is 9.49. The van der Waals surface area contributed by atoms with Gasteiger partial charge >= 0.3 is 6.09 Å². The van der Waals surface area contributed by atoms with Crippen molar-refractivity contribution >= 4 is 18.2 Å². The van der Waals surface area contributed by atoms with Gasteiger partial charge in [0.1, 0.15) is 12.4 Å². The van der Waals surface area contributed by atoms with Gasteiger partial charge in [0.2, 0.25) is 0 Å². The summed E-state index contributed by atoms with van der Waals surface area (Å²) in [5.74, 6) is 1.78. The second kappa shape index (κ2) is 8.50. The molecule has 1 unspecified atom stereocenters. The maximum Gasteiger partial charge on any atom is 0.407 e. The number of allylic oxidation sites excluding steroid dienone is 2. The number of hydrogen-bond acceptors (Lipinski definition) is 3.